The number of nitrogens with one attached hydrogen (secondary N) is 1. The number of likely N-dealkylation sites (N-methyl/N-ethyl adjacent to an activating group) is 1. The fraction of sp³-hybridized carbons (Fsp3) is 0.500. The van der Waals surface area contributed by atoms with Crippen molar-refractivity contribution in [1.29, 1.82) is 0 Å². The SMILES string of the molecule is Cc1ccc(Br)cc1C(=O)NC1CCCN(C)C1. The molecular weight excluding hydrogens is 292 g/mol. The van der Waals surface area contributed by atoms with E-state index < -0.39 is 0 Å². The summed E-state index contributed by atoms with van der Waals surface area (Å²) in [5.41, 5.74) is 1.78. The van der Waals surface area contributed by atoms with Gasteiger partial charge in [-0.25, -0.2) is 0 Å². The lowest BCUT2D eigenvalue weighted by molar-refractivity contribution is 0.0912. The quantitative estimate of drug-likeness (QED) is 0.910. The van der Waals surface area contributed by atoms with Crippen molar-refractivity contribution in [2.24, 2.45) is 0 Å². The highest BCUT2D eigenvalue weighted by Crippen LogP contribution is 2.17. The number of likely N-dealkylation sites (tertiary alicyclic amines) is 1. The monoisotopic (exact) mass is 310 g/mol. The van der Waals surface area contributed by atoms with Gasteiger partial charge in [0.15, 0.2) is 0 Å². The molecule has 18 heavy (non-hydrogen) atoms. The van der Waals surface area contributed by atoms with Crippen LogP contribution in [0.4, 0.5) is 0 Å². The Labute approximate surface area is 117 Å². The van der Waals surface area contributed by atoms with Crippen molar-refractivity contribution in [3.05, 3.63) is 33.8 Å². The Morgan fingerprint density at radius 1 is 1.50 bits per heavy atom. The first-order chi connectivity index (χ1) is 8.56. The topological polar surface area (TPSA) is 32.3 Å². The van der Waals surface area contributed by atoms with Gasteiger partial charge in [-0.2, -0.15) is 0 Å². The molecule has 1 heterocycles. The maximum atomic E-state index is 12.2. The molecule has 2 rings (SSSR count). The largest absolute Gasteiger partial charge is 0.348 e. The van der Waals surface area contributed by atoms with E-state index in [0.29, 0.717) is 0 Å². The molecule has 1 fully saturated rings. The molecule has 98 valence electrons. The molecule has 1 amide bonds. The van der Waals surface area contributed by atoms with Crippen LogP contribution in [0.5, 0.6) is 0 Å². The predicted octanol–water partition coefficient (Wildman–Crippen LogP) is 2.58. The smallest absolute Gasteiger partial charge is 0.251 e. The van der Waals surface area contributed by atoms with Gasteiger partial charge >= 0.3 is 0 Å². The summed E-state index contributed by atoms with van der Waals surface area (Å²) >= 11 is 3.41. The van der Waals surface area contributed by atoms with Crippen molar-refractivity contribution in [3.8, 4) is 0 Å². The molecule has 0 bridgehead atoms. The van der Waals surface area contributed by atoms with Crippen LogP contribution in [-0.4, -0.2) is 37.0 Å². The molecule has 0 aliphatic carbocycles. The number of hydrogen-bond acceptors (Lipinski definition) is 2. The Bertz CT molecular complexity index is 447. The molecule has 1 atom stereocenters. The van der Waals surface area contributed by atoms with Crippen LogP contribution in [0.25, 0.3) is 0 Å². The van der Waals surface area contributed by atoms with Crippen LogP contribution < -0.4 is 5.32 Å². The van der Waals surface area contributed by atoms with Crippen molar-refractivity contribution in [1.82, 2.24) is 10.2 Å². The zero-order valence-corrected chi connectivity index (χ0v) is 12.5. The second-order valence-electron chi connectivity index (χ2n) is 5.03. The normalized spacial score (nSPS) is 20.7. The van der Waals surface area contributed by atoms with Crippen molar-refractivity contribution in [3.63, 3.8) is 0 Å². The van der Waals surface area contributed by atoms with Gasteiger partial charge in [0.1, 0.15) is 0 Å². The first-order valence-electron chi connectivity index (χ1n) is 6.32. The van der Waals surface area contributed by atoms with Crippen LogP contribution in [0, 0.1) is 6.92 Å². The van der Waals surface area contributed by atoms with Crippen molar-refractivity contribution < 1.29 is 4.79 Å². The zero-order chi connectivity index (χ0) is 13.1. The van der Waals surface area contributed by atoms with Crippen LogP contribution in [0.15, 0.2) is 22.7 Å². The van der Waals surface area contributed by atoms with Crippen molar-refractivity contribution >= 4 is 21.8 Å². The average molecular weight is 311 g/mol. The first kappa shape index (κ1) is 13.6. The first-order valence-corrected chi connectivity index (χ1v) is 7.11. The number of halogens is 1. The zero-order valence-electron chi connectivity index (χ0n) is 10.9. The molecule has 0 radical (unpaired) electrons. The van der Waals surface area contributed by atoms with Gasteiger partial charge < -0.3 is 10.2 Å². The van der Waals surface area contributed by atoms with E-state index in [9.17, 15) is 4.79 Å². The molecular formula is C14H19BrN2O. The van der Waals surface area contributed by atoms with E-state index >= 15 is 0 Å². The van der Waals surface area contributed by atoms with E-state index in [1.54, 1.807) is 0 Å². The highest BCUT2D eigenvalue weighted by atomic mass is 79.9. The molecule has 1 saturated heterocycles. The summed E-state index contributed by atoms with van der Waals surface area (Å²) in [6, 6.07) is 6.08. The second-order valence-corrected chi connectivity index (χ2v) is 5.95. The summed E-state index contributed by atoms with van der Waals surface area (Å²) in [5.74, 6) is 0.0362. The Kier molecular flexibility index (Phi) is 4.40. The van der Waals surface area contributed by atoms with Gasteiger partial charge in [0.2, 0.25) is 0 Å². The summed E-state index contributed by atoms with van der Waals surface area (Å²) in [4.78, 5) is 14.5. The number of aryl methyl sites for hydroxylation is 1. The van der Waals surface area contributed by atoms with E-state index in [0.717, 1.165) is 41.5 Å². The minimum atomic E-state index is 0.0362. The Balaban J connectivity index is 2.05. The molecule has 1 aromatic rings. The number of benzene rings is 1. The van der Waals surface area contributed by atoms with E-state index in [4.69, 9.17) is 0 Å². The number of piperidine rings is 1. The van der Waals surface area contributed by atoms with Gasteiger partial charge in [-0.3, -0.25) is 4.79 Å². The highest BCUT2D eigenvalue weighted by molar-refractivity contribution is 9.10. The summed E-state index contributed by atoms with van der Waals surface area (Å²) in [6.07, 6.45) is 2.22. The molecule has 1 aromatic carbocycles. The number of amides is 1. The standard InChI is InChI=1S/C14H19BrN2O/c1-10-5-6-11(15)8-13(10)14(18)16-12-4-3-7-17(2)9-12/h5-6,8,12H,3-4,7,9H2,1-2H3,(H,16,18). The van der Waals surface area contributed by atoms with Gasteiger partial charge in [-0.1, -0.05) is 22.0 Å². The highest BCUT2D eigenvalue weighted by Gasteiger charge is 2.20. The number of nitrogens with zero attached hydrogens (tertiary/aromatic N) is 1. The number of rotatable bonds is 2. The van der Waals surface area contributed by atoms with Crippen molar-refractivity contribution in [2.45, 2.75) is 25.8 Å². The lowest BCUT2D eigenvalue weighted by atomic mass is 10.0. The predicted molar refractivity (Wildman–Crippen MR) is 76.9 cm³/mol. The summed E-state index contributed by atoms with van der Waals surface area (Å²) < 4.78 is 0.944. The number of carbonyl (C=O) groups is 1. The maximum Gasteiger partial charge on any atom is 0.251 e. The van der Waals surface area contributed by atoms with Gasteiger partial charge in [0.05, 0.1) is 0 Å². The van der Waals surface area contributed by atoms with Crippen LogP contribution in [-0.2, 0) is 0 Å². The van der Waals surface area contributed by atoms with Gasteiger partial charge in [-0.15, -0.1) is 0 Å². The molecule has 0 saturated carbocycles. The maximum absolute atomic E-state index is 12.2. The van der Waals surface area contributed by atoms with E-state index in [1.807, 2.05) is 25.1 Å². The minimum absolute atomic E-state index is 0.0362. The number of hydrogen-bond donors (Lipinski definition) is 1. The Morgan fingerprint density at radius 3 is 3.00 bits per heavy atom. The fourth-order valence-corrected chi connectivity index (χ4v) is 2.75. The number of carbonyl (C=O) groups excluding carboxylic acids is 1. The van der Waals surface area contributed by atoms with Crippen LogP contribution >= 0.6 is 15.9 Å². The Morgan fingerprint density at radius 2 is 2.28 bits per heavy atom. The molecule has 1 N–H and O–H groups in total. The van der Waals surface area contributed by atoms with Crippen molar-refractivity contribution in [2.75, 3.05) is 20.1 Å². The van der Waals surface area contributed by atoms with Gasteiger partial charge in [0, 0.05) is 22.6 Å². The summed E-state index contributed by atoms with van der Waals surface area (Å²) in [7, 11) is 2.10. The molecule has 1 unspecified atom stereocenters. The molecule has 4 heteroatoms. The van der Waals surface area contributed by atoms with Gasteiger partial charge in [-0.05, 0) is 51.1 Å². The average Bonchev–Trinajstić information content (AvgIpc) is 2.32. The third kappa shape index (κ3) is 3.33. The van der Waals surface area contributed by atoms with Crippen LogP contribution in [0.3, 0.4) is 0 Å². The molecule has 1 aliphatic heterocycles. The lowest BCUT2D eigenvalue weighted by Gasteiger charge is -2.30. The molecule has 1 aliphatic rings. The van der Waals surface area contributed by atoms with E-state index in [-0.39, 0.29) is 11.9 Å². The van der Waals surface area contributed by atoms with E-state index in [2.05, 4.69) is 33.2 Å². The molecule has 0 spiro atoms. The third-order valence-electron chi connectivity index (χ3n) is 3.40. The Hall–Kier alpha value is -0.870. The molecule has 3 nitrogen and oxygen atoms in total. The summed E-state index contributed by atoms with van der Waals surface area (Å²) in [6.45, 7) is 4.04. The van der Waals surface area contributed by atoms with Crippen LogP contribution in [0.1, 0.15) is 28.8 Å². The van der Waals surface area contributed by atoms with Crippen LogP contribution in [0.2, 0.25) is 0 Å². The summed E-state index contributed by atoms with van der Waals surface area (Å²) in [5, 5.41) is 3.13. The molecule has 0 aromatic heterocycles. The second kappa shape index (κ2) is 5.85. The van der Waals surface area contributed by atoms with Gasteiger partial charge in [0.25, 0.3) is 5.91 Å². The lowest BCUT2D eigenvalue weighted by Crippen LogP contribution is -2.46. The third-order valence-corrected chi connectivity index (χ3v) is 3.90. The fourth-order valence-electron chi connectivity index (χ4n) is 2.39. The minimum Gasteiger partial charge on any atom is -0.348 e. The van der Waals surface area contributed by atoms with E-state index in [1.165, 1.54) is 0 Å².